The first kappa shape index (κ1) is 19.3. The van der Waals surface area contributed by atoms with Gasteiger partial charge in [-0.1, -0.05) is 29.4 Å². The fourth-order valence-corrected chi connectivity index (χ4v) is 3.50. The van der Waals surface area contributed by atoms with E-state index in [1.807, 2.05) is 48.2 Å². The first-order valence-electron chi connectivity index (χ1n) is 9.86. The normalized spacial score (nSPS) is 16.7. The average Bonchev–Trinajstić information content (AvgIpc) is 3.24. The zero-order valence-corrected chi connectivity index (χ0v) is 16.5. The number of hydrogen-bond acceptors (Lipinski definition) is 6. The first-order chi connectivity index (χ1) is 14.2. The molecule has 0 saturated carbocycles. The number of amides is 1. The number of piperidine rings is 1. The molecule has 3 heterocycles. The molecule has 4 rings (SSSR count). The lowest BCUT2D eigenvalue weighted by molar-refractivity contribution is -0.135. The van der Waals surface area contributed by atoms with Gasteiger partial charge in [-0.2, -0.15) is 4.98 Å². The molecule has 1 atom stereocenters. The van der Waals surface area contributed by atoms with Crippen molar-refractivity contribution in [2.24, 2.45) is 0 Å². The molecule has 0 aliphatic carbocycles. The molecule has 1 amide bonds. The van der Waals surface area contributed by atoms with Gasteiger partial charge < -0.3 is 14.2 Å². The molecule has 7 nitrogen and oxygen atoms in total. The van der Waals surface area contributed by atoms with Crippen LogP contribution in [-0.2, 0) is 22.6 Å². The largest absolute Gasteiger partial charge is 0.368 e. The quantitative estimate of drug-likeness (QED) is 0.641. The zero-order chi connectivity index (χ0) is 20.1. The molecule has 0 radical (unpaired) electrons. The number of likely N-dealkylation sites (tertiary alicyclic amines) is 1. The summed E-state index contributed by atoms with van der Waals surface area (Å²) < 4.78 is 11.3. The van der Waals surface area contributed by atoms with E-state index in [0.717, 1.165) is 36.1 Å². The van der Waals surface area contributed by atoms with Crippen molar-refractivity contribution in [3.05, 3.63) is 65.7 Å². The zero-order valence-electron chi connectivity index (χ0n) is 16.5. The number of carbonyl (C=O) groups is 1. The van der Waals surface area contributed by atoms with Crippen molar-refractivity contribution in [2.45, 2.75) is 38.9 Å². The molecule has 0 N–H and O–H groups in total. The number of pyridine rings is 1. The van der Waals surface area contributed by atoms with E-state index in [1.165, 1.54) is 0 Å². The molecule has 29 heavy (non-hydrogen) atoms. The Morgan fingerprint density at radius 2 is 2.07 bits per heavy atom. The summed E-state index contributed by atoms with van der Waals surface area (Å²) in [5.74, 6) is 1.09. The lowest BCUT2D eigenvalue weighted by atomic mass is 10.0. The molecule has 3 aromatic rings. The third-order valence-electron chi connectivity index (χ3n) is 5.18. The highest BCUT2D eigenvalue weighted by Crippen LogP contribution is 2.19. The molecule has 0 spiro atoms. The Balaban J connectivity index is 1.31. The summed E-state index contributed by atoms with van der Waals surface area (Å²) in [5, 5.41) is 3.98. The van der Waals surface area contributed by atoms with Crippen LogP contribution in [0.1, 0.15) is 29.8 Å². The minimum Gasteiger partial charge on any atom is -0.368 e. The maximum Gasteiger partial charge on any atom is 0.258 e. The topological polar surface area (TPSA) is 81.4 Å². The molecule has 1 saturated heterocycles. The van der Waals surface area contributed by atoms with Gasteiger partial charge in [0, 0.05) is 31.0 Å². The Labute approximate surface area is 169 Å². The monoisotopic (exact) mass is 392 g/mol. The van der Waals surface area contributed by atoms with E-state index >= 15 is 0 Å². The Bertz CT molecular complexity index is 957. The second-order valence-corrected chi connectivity index (χ2v) is 7.27. The SMILES string of the molecule is Cc1ccccc1CC(=O)N1CCCC(OCc2noc(-c3ccncc3)n2)C1. The predicted octanol–water partition coefficient (Wildman–Crippen LogP) is 3.19. The van der Waals surface area contributed by atoms with Gasteiger partial charge in [-0.05, 0) is 43.0 Å². The minimum absolute atomic E-state index is 0.0209. The van der Waals surface area contributed by atoms with Gasteiger partial charge in [0.1, 0.15) is 6.61 Å². The van der Waals surface area contributed by atoms with Crippen LogP contribution < -0.4 is 0 Å². The van der Waals surface area contributed by atoms with Gasteiger partial charge in [0.15, 0.2) is 5.82 Å². The van der Waals surface area contributed by atoms with Crippen LogP contribution in [0.3, 0.4) is 0 Å². The van der Waals surface area contributed by atoms with Gasteiger partial charge in [-0.25, -0.2) is 0 Å². The standard InChI is InChI=1S/C22H24N4O3/c1-16-5-2-3-6-18(16)13-21(27)26-12-4-7-19(14-26)28-15-20-24-22(29-25-20)17-8-10-23-11-9-17/h2-3,5-6,8-11,19H,4,7,12-15H2,1H3. The van der Waals surface area contributed by atoms with E-state index < -0.39 is 0 Å². The molecule has 1 aliphatic rings. The maximum atomic E-state index is 12.7. The number of carbonyl (C=O) groups excluding carboxylic acids is 1. The number of hydrogen-bond donors (Lipinski definition) is 0. The number of benzene rings is 1. The summed E-state index contributed by atoms with van der Waals surface area (Å²) in [5.41, 5.74) is 3.05. The Hall–Kier alpha value is -3.06. The predicted molar refractivity (Wildman–Crippen MR) is 107 cm³/mol. The Morgan fingerprint density at radius 3 is 2.90 bits per heavy atom. The van der Waals surface area contributed by atoms with Crippen LogP contribution in [0.2, 0.25) is 0 Å². The van der Waals surface area contributed by atoms with E-state index in [9.17, 15) is 4.79 Å². The number of rotatable bonds is 6. The van der Waals surface area contributed by atoms with Gasteiger partial charge in [0.05, 0.1) is 12.5 Å². The van der Waals surface area contributed by atoms with Crippen LogP contribution in [-0.4, -0.2) is 45.1 Å². The second kappa shape index (κ2) is 8.96. The van der Waals surface area contributed by atoms with Gasteiger partial charge in [-0.3, -0.25) is 9.78 Å². The lowest BCUT2D eigenvalue weighted by Gasteiger charge is -2.32. The van der Waals surface area contributed by atoms with Gasteiger partial charge in [0.25, 0.3) is 5.89 Å². The summed E-state index contributed by atoms with van der Waals surface area (Å²) in [6.07, 6.45) is 5.62. The number of aromatic nitrogens is 3. The summed E-state index contributed by atoms with van der Waals surface area (Å²) in [6.45, 7) is 3.67. The molecule has 1 aliphatic heterocycles. The lowest BCUT2D eigenvalue weighted by Crippen LogP contribution is -2.43. The highest BCUT2D eigenvalue weighted by molar-refractivity contribution is 5.79. The highest BCUT2D eigenvalue weighted by Gasteiger charge is 2.25. The molecule has 1 unspecified atom stereocenters. The van der Waals surface area contributed by atoms with Crippen molar-refractivity contribution in [2.75, 3.05) is 13.1 Å². The Kier molecular flexibility index (Phi) is 5.95. The van der Waals surface area contributed by atoms with Crippen LogP contribution in [0.5, 0.6) is 0 Å². The maximum absolute atomic E-state index is 12.7. The first-order valence-corrected chi connectivity index (χ1v) is 9.86. The van der Waals surface area contributed by atoms with E-state index in [-0.39, 0.29) is 18.6 Å². The fraction of sp³-hybridized carbons (Fsp3) is 0.364. The molecule has 2 aromatic heterocycles. The third kappa shape index (κ3) is 4.86. The van der Waals surface area contributed by atoms with Crippen LogP contribution in [0.4, 0.5) is 0 Å². The average molecular weight is 392 g/mol. The second-order valence-electron chi connectivity index (χ2n) is 7.27. The van der Waals surface area contributed by atoms with Crippen molar-refractivity contribution >= 4 is 5.91 Å². The fourth-order valence-electron chi connectivity index (χ4n) is 3.50. The summed E-state index contributed by atoms with van der Waals surface area (Å²) in [7, 11) is 0. The van der Waals surface area contributed by atoms with Crippen LogP contribution >= 0.6 is 0 Å². The molecule has 150 valence electrons. The molecule has 1 aromatic carbocycles. The Morgan fingerprint density at radius 1 is 1.24 bits per heavy atom. The smallest absolute Gasteiger partial charge is 0.258 e. The van der Waals surface area contributed by atoms with Crippen LogP contribution in [0, 0.1) is 6.92 Å². The van der Waals surface area contributed by atoms with Crippen molar-refractivity contribution in [1.29, 1.82) is 0 Å². The third-order valence-corrected chi connectivity index (χ3v) is 5.18. The van der Waals surface area contributed by atoms with Crippen LogP contribution in [0.15, 0.2) is 53.3 Å². The molecular weight excluding hydrogens is 368 g/mol. The number of aryl methyl sites for hydroxylation is 1. The van der Waals surface area contributed by atoms with Crippen molar-refractivity contribution in [1.82, 2.24) is 20.0 Å². The van der Waals surface area contributed by atoms with Gasteiger partial charge in [0.2, 0.25) is 5.91 Å². The van der Waals surface area contributed by atoms with Gasteiger partial charge in [-0.15, -0.1) is 0 Å². The van der Waals surface area contributed by atoms with Gasteiger partial charge >= 0.3 is 0 Å². The molecule has 0 bridgehead atoms. The van der Waals surface area contributed by atoms with E-state index in [1.54, 1.807) is 12.4 Å². The minimum atomic E-state index is -0.0209. The summed E-state index contributed by atoms with van der Waals surface area (Å²) >= 11 is 0. The number of nitrogens with zero attached hydrogens (tertiary/aromatic N) is 4. The van der Waals surface area contributed by atoms with Crippen LogP contribution in [0.25, 0.3) is 11.5 Å². The molecule has 1 fully saturated rings. The van der Waals surface area contributed by atoms with E-state index in [4.69, 9.17) is 9.26 Å². The highest BCUT2D eigenvalue weighted by atomic mass is 16.5. The summed E-state index contributed by atoms with van der Waals surface area (Å²) in [6, 6.07) is 11.7. The van der Waals surface area contributed by atoms with E-state index in [2.05, 4.69) is 15.1 Å². The van der Waals surface area contributed by atoms with E-state index in [0.29, 0.717) is 24.7 Å². The van der Waals surface area contributed by atoms with Crippen molar-refractivity contribution in [3.63, 3.8) is 0 Å². The number of ether oxygens (including phenoxy) is 1. The summed E-state index contributed by atoms with van der Waals surface area (Å²) in [4.78, 5) is 23.0. The van der Waals surface area contributed by atoms with Crippen molar-refractivity contribution in [3.8, 4) is 11.5 Å². The molecular formula is C22H24N4O3. The van der Waals surface area contributed by atoms with Crippen molar-refractivity contribution < 1.29 is 14.1 Å². The molecule has 7 heteroatoms.